The summed E-state index contributed by atoms with van der Waals surface area (Å²) in [4.78, 5) is 0.119. The Labute approximate surface area is 98.8 Å². The van der Waals surface area contributed by atoms with Crippen molar-refractivity contribution in [2.75, 3.05) is 5.73 Å². The second-order valence-electron chi connectivity index (χ2n) is 3.19. The molecule has 0 aliphatic carbocycles. The van der Waals surface area contributed by atoms with Crippen molar-refractivity contribution < 1.29 is 17.7 Å². The van der Waals surface area contributed by atoms with Crippen LogP contribution in [0.4, 0.5) is 19.0 Å². The van der Waals surface area contributed by atoms with Crippen molar-refractivity contribution in [3.8, 4) is 11.3 Å². The number of aromatic nitrogens is 1. The van der Waals surface area contributed by atoms with E-state index in [-0.39, 0.29) is 22.5 Å². The van der Waals surface area contributed by atoms with E-state index in [0.717, 1.165) is 0 Å². The molecule has 90 valence electrons. The number of halogens is 3. The number of nitrogens with zero attached hydrogens (tertiary/aromatic N) is 1. The molecular formula is C10H7F3N2OS. The number of nitrogen functional groups attached to an aromatic ring is 1. The second-order valence-corrected chi connectivity index (χ2v) is 4.33. The standard InChI is InChI=1S/C10H7F3N2OS/c11-10(12,13)17-7-3-1-6(2-4-7)8-5-9(14)15-16-8/h1-5H,(H2,14,15). The summed E-state index contributed by atoms with van der Waals surface area (Å²) in [7, 11) is 0. The zero-order chi connectivity index (χ0) is 12.5. The van der Waals surface area contributed by atoms with Crippen LogP contribution in [-0.4, -0.2) is 10.7 Å². The highest BCUT2D eigenvalue weighted by Gasteiger charge is 2.29. The van der Waals surface area contributed by atoms with Crippen molar-refractivity contribution in [3.63, 3.8) is 0 Å². The number of nitrogens with two attached hydrogens (primary N) is 1. The number of benzene rings is 1. The predicted octanol–water partition coefficient (Wildman–Crippen LogP) is 3.54. The molecule has 0 saturated heterocycles. The van der Waals surface area contributed by atoms with E-state index >= 15 is 0 Å². The van der Waals surface area contributed by atoms with Gasteiger partial charge in [-0.05, 0) is 23.9 Å². The zero-order valence-electron chi connectivity index (χ0n) is 8.36. The minimum absolute atomic E-state index is 0.119. The Hall–Kier alpha value is -1.63. The molecule has 1 aromatic carbocycles. The van der Waals surface area contributed by atoms with E-state index in [1.54, 1.807) is 0 Å². The average molecular weight is 260 g/mol. The number of hydrogen-bond acceptors (Lipinski definition) is 4. The molecule has 2 aromatic rings. The summed E-state index contributed by atoms with van der Waals surface area (Å²) in [5.41, 5.74) is 1.72. The van der Waals surface area contributed by atoms with Crippen molar-refractivity contribution in [3.05, 3.63) is 30.3 Å². The van der Waals surface area contributed by atoms with Crippen LogP contribution < -0.4 is 5.73 Å². The quantitative estimate of drug-likeness (QED) is 0.839. The van der Waals surface area contributed by atoms with Crippen molar-refractivity contribution in [2.24, 2.45) is 0 Å². The van der Waals surface area contributed by atoms with E-state index in [1.807, 2.05) is 0 Å². The van der Waals surface area contributed by atoms with Crippen molar-refractivity contribution in [1.82, 2.24) is 5.16 Å². The van der Waals surface area contributed by atoms with Gasteiger partial charge >= 0.3 is 5.51 Å². The summed E-state index contributed by atoms with van der Waals surface area (Å²) in [6.07, 6.45) is 0. The molecule has 0 amide bonds. The lowest BCUT2D eigenvalue weighted by atomic mass is 10.2. The normalized spacial score (nSPS) is 11.7. The fraction of sp³-hybridized carbons (Fsp3) is 0.100. The number of hydrogen-bond donors (Lipinski definition) is 1. The highest BCUT2D eigenvalue weighted by atomic mass is 32.2. The van der Waals surface area contributed by atoms with E-state index in [4.69, 9.17) is 10.3 Å². The van der Waals surface area contributed by atoms with Gasteiger partial charge in [0, 0.05) is 16.5 Å². The third-order valence-electron chi connectivity index (χ3n) is 1.90. The van der Waals surface area contributed by atoms with Crippen LogP contribution in [0.15, 0.2) is 39.8 Å². The molecule has 7 heteroatoms. The van der Waals surface area contributed by atoms with E-state index in [9.17, 15) is 13.2 Å². The average Bonchev–Trinajstić information content (AvgIpc) is 2.63. The Balaban J connectivity index is 2.19. The van der Waals surface area contributed by atoms with Gasteiger partial charge in [0.1, 0.15) is 0 Å². The van der Waals surface area contributed by atoms with Gasteiger partial charge in [0.25, 0.3) is 0 Å². The molecule has 0 radical (unpaired) electrons. The monoisotopic (exact) mass is 260 g/mol. The molecule has 0 spiro atoms. The maximum atomic E-state index is 12.1. The fourth-order valence-electron chi connectivity index (χ4n) is 1.25. The second kappa shape index (κ2) is 4.33. The van der Waals surface area contributed by atoms with Crippen molar-refractivity contribution in [1.29, 1.82) is 0 Å². The summed E-state index contributed by atoms with van der Waals surface area (Å²) >= 11 is -0.161. The Morgan fingerprint density at radius 1 is 1.18 bits per heavy atom. The molecule has 1 heterocycles. The van der Waals surface area contributed by atoms with Gasteiger partial charge in [-0.15, -0.1) is 0 Å². The number of alkyl halides is 3. The minimum atomic E-state index is -4.28. The first kappa shape index (κ1) is 11.8. The van der Waals surface area contributed by atoms with Gasteiger partial charge in [-0.1, -0.05) is 17.3 Å². The summed E-state index contributed by atoms with van der Waals surface area (Å²) in [6.45, 7) is 0. The largest absolute Gasteiger partial charge is 0.446 e. The molecule has 0 aliphatic heterocycles. The predicted molar refractivity (Wildman–Crippen MR) is 58.3 cm³/mol. The highest BCUT2D eigenvalue weighted by Crippen LogP contribution is 2.37. The first-order chi connectivity index (χ1) is 7.94. The van der Waals surface area contributed by atoms with E-state index < -0.39 is 5.51 Å². The van der Waals surface area contributed by atoms with Crippen LogP contribution in [0.2, 0.25) is 0 Å². The molecule has 0 bridgehead atoms. The molecule has 2 N–H and O–H groups in total. The molecule has 17 heavy (non-hydrogen) atoms. The molecule has 0 fully saturated rings. The highest BCUT2D eigenvalue weighted by molar-refractivity contribution is 8.00. The Morgan fingerprint density at radius 2 is 1.82 bits per heavy atom. The summed E-state index contributed by atoms with van der Waals surface area (Å²) < 4.78 is 41.1. The van der Waals surface area contributed by atoms with Crippen LogP contribution in [0.5, 0.6) is 0 Å². The van der Waals surface area contributed by atoms with Crippen molar-refractivity contribution >= 4 is 17.6 Å². The van der Waals surface area contributed by atoms with Crippen molar-refractivity contribution in [2.45, 2.75) is 10.4 Å². The molecule has 0 saturated carbocycles. The lowest BCUT2D eigenvalue weighted by Crippen LogP contribution is -1.98. The van der Waals surface area contributed by atoms with Gasteiger partial charge in [-0.25, -0.2) is 0 Å². The third kappa shape index (κ3) is 3.16. The smallest absolute Gasteiger partial charge is 0.381 e. The molecule has 0 atom stereocenters. The van der Waals surface area contributed by atoms with Crippen LogP contribution in [-0.2, 0) is 0 Å². The summed E-state index contributed by atoms with van der Waals surface area (Å²) in [6, 6.07) is 7.28. The van der Waals surface area contributed by atoms with Gasteiger partial charge in [0.2, 0.25) is 0 Å². The van der Waals surface area contributed by atoms with Gasteiger partial charge in [0.15, 0.2) is 11.6 Å². The Kier molecular flexibility index (Phi) is 3.01. The molecule has 0 unspecified atom stereocenters. The first-order valence-electron chi connectivity index (χ1n) is 4.52. The van der Waals surface area contributed by atoms with Gasteiger partial charge in [0.05, 0.1) is 0 Å². The SMILES string of the molecule is Nc1cc(-c2ccc(SC(F)(F)F)cc2)on1. The zero-order valence-corrected chi connectivity index (χ0v) is 9.18. The lowest BCUT2D eigenvalue weighted by molar-refractivity contribution is -0.0328. The fourth-order valence-corrected chi connectivity index (χ4v) is 1.79. The van der Waals surface area contributed by atoms with E-state index in [1.165, 1.54) is 30.3 Å². The molecule has 3 nitrogen and oxygen atoms in total. The van der Waals surface area contributed by atoms with Crippen LogP contribution >= 0.6 is 11.8 Å². The van der Waals surface area contributed by atoms with E-state index in [2.05, 4.69) is 5.16 Å². The van der Waals surface area contributed by atoms with Crippen LogP contribution in [0, 0.1) is 0 Å². The third-order valence-corrected chi connectivity index (χ3v) is 2.64. The van der Waals surface area contributed by atoms with Gasteiger partial charge in [-0.3, -0.25) is 0 Å². The summed E-state index contributed by atoms with van der Waals surface area (Å²) in [5, 5.41) is 3.49. The van der Waals surface area contributed by atoms with Gasteiger partial charge < -0.3 is 10.3 Å². The maximum Gasteiger partial charge on any atom is 0.446 e. The Morgan fingerprint density at radius 3 is 2.29 bits per heavy atom. The lowest BCUT2D eigenvalue weighted by Gasteiger charge is -2.05. The molecule has 1 aromatic heterocycles. The molecule has 2 rings (SSSR count). The minimum Gasteiger partial charge on any atom is -0.381 e. The van der Waals surface area contributed by atoms with E-state index in [0.29, 0.717) is 11.3 Å². The van der Waals surface area contributed by atoms with Crippen LogP contribution in [0.25, 0.3) is 11.3 Å². The number of rotatable bonds is 2. The van der Waals surface area contributed by atoms with Crippen LogP contribution in [0.1, 0.15) is 0 Å². The maximum absolute atomic E-state index is 12.1. The molecule has 0 aliphatic rings. The topological polar surface area (TPSA) is 52.0 Å². The first-order valence-corrected chi connectivity index (χ1v) is 5.34. The van der Waals surface area contributed by atoms with Crippen LogP contribution in [0.3, 0.4) is 0 Å². The summed E-state index contributed by atoms with van der Waals surface area (Å²) in [5.74, 6) is 0.653. The number of thioether (sulfide) groups is 1. The molecular weight excluding hydrogens is 253 g/mol. The Bertz CT molecular complexity index is 507. The number of anilines is 1. The van der Waals surface area contributed by atoms with Gasteiger partial charge in [-0.2, -0.15) is 13.2 Å².